The van der Waals surface area contributed by atoms with Crippen molar-refractivity contribution in [2.75, 3.05) is 45.9 Å². The number of hydrogen-bond donors (Lipinski definition) is 1. The van der Waals surface area contributed by atoms with Crippen molar-refractivity contribution in [1.82, 2.24) is 14.7 Å². The number of nitrogens with zero attached hydrogens (tertiary/aromatic N) is 4. The fourth-order valence-electron chi connectivity index (χ4n) is 3.67. The molecule has 0 aliphatic rings. The molecule has 2 aromatic carbocycles. The molecule has 184 valence electrons. The molecule has 0 unspecified atom stereocenters. The van der Waals surface area contributed by atoms with Crippen LogP contribution in [-0.4, -0.2) is 82.4 Å². The molecule has 0 aromatic heterocycles. The first kappa shape index (κ1) is 26.9. The van der Waals surface area contributed by atoms with Gasteiger partial charge in [0.25, 0.3) is 11.6 Å². The van der Waals surface area contributed by atoms with Crippen LogP contribution in [-0.2, 0) is 11.3 Å². The zero-order chi connectivity index (χ0) is 24.9. The predicted octanol–water partition coefficient (Wildman–Crippen LogP) is 2.79. The van der Waals surface area contributed by atoms with Crippen molar-refractivity contribution in [1.29, 1.82) is 0 Å². The van der Waals surface area contributed by atoms with Crippen LogP contribution in [0.15, 0.2) is 54.6 Å². The predicted molar refractivity (Wildman–Crippen MR) is 130 cm³/mol. The maximum atomic E-state index is 13.2. The minimum absolute atomic E-state index is 0.0994. The molecule has 0 radical (unpaired) electrons. The van der Waals surface area contributed by atoms with Crippen LogP contribution in [0.4, 0.5) is 5.69 Å². The highest BCUT2D eigenvalue weighted by atomic mass is 16.6. The molecule has 0 fully saturated rings. The second-order valence-electron chi connectivity index (χ2n) is 7.94. The standard InChI is InChI=1S/C25H34N4O5/c1-3-26(4-2)15-8-16-28(25(32)22-11-13-23(14-12-22)29(33)34)20-24(31)27(17-18-30)19-21-9-6-5-7-10-21/h5-7,9-14,30H,3-4,8,15-20H2,1-2H3. The molecule has 1 N–H and O–H groups in total. The Morgan fingerprint density at radius 3 is 2.12 bits per heavy atom. The zero-order valence-electron chi connectivity index (χ0n) is 19.9. The maximum absolute atomic E-state index is 13.2. The van der Waals surface area contributed by atoms with Gasteiger partial charge in [-0.05, 0) is 43.8 Å². The minimum Gasteiger partial charge on any atom is -0.395 e. The molecular weight excluding hydrogens is 436 g/mol. The summed E-state index contributed by atoms with van der Waals surface area (Å²) >= 11 is 0. The van der Waals surface area contributed by atoms with Crippen LogP contribution in [0.25, 0.3) is 0 Å². The van der Waals surface area contributed by atoms with Crippen molar-refractivity contribution >= 4 is 17.5 Å². The van der Waals surface area contributed by atoms with E-state index in [-0.39, 0.29) is 42.8 Å². The summed E-state index contributed by atoms with van der Waals surface area (Å²) in [7, 11) is 0. The Balaban J connectivity index is 2.17. The first-order valence-electron chi connectivity index (χ1n) is 11.6. The van der Waals surface area contributed by atoms with Crippen LogP contribution < -0.4 is 0 Å². The highest BCUT2D eigenvalue weighted by Gasteiger charge is 2.23. The first-order chi connectivity index (χ1) is 16.4. The van der Waals surface area contributed by atoms with Crippen molar-refractivity contribution in [2.24, 2.45) is 0 Å². The number of aliphatic hydroxyl groups is 1. The van der Waals surface area contributed by atoms with Crippen LogP contribution >= 0.6 is 0 Å². The number of nitro groups is 1. The van der Waals surface area contributed by atoms with E-state index >= 15 is 0 Å². The number of rotatable bonds is 14. The Labute approximate surface area is 200 Å². The lowest BCUT2D eigenvalue weighted by Crippen LogP contribution is -2.44. The number of nitro benzene ring substituents is 1. The van der Waals surface area contributed by atoms with Gasteiger partial charge < -0.3 is 19.8 Å². The van der Waals surface area contributed by atoms with Crippen molar-refractivity contribution in [3.63, 3.8) is 0 Å². The van der Waals surface area contributed by atoms with Crippen molar-refractivity contribution in [3.05, 3.63) is 75.8 Å². The number of carbonyl (C=O) groups excluding carboxylic acids is 2. The summed E-state index contributed by atoms with van der Waals surface area (Å²) in [6, 6.07) is 14.9. The van der Waals surface area contributed by atoms with E-state index in [1.54, 1.807) is 0 Å². The smallest absolute Gasteiger partial charge is 0.269 e. The van der Waals surface area contributed by atoms with Gasteiger partial charge in [-0.1, -0.05) is 44.2 Å². The second kappa shape index (κ2) is 14.1. The van der Waals surface area contributed by atoms with Gasteiger partial charge in [0.1, 0.15) is 6.54 Å². The Morgan fingerprint density at radius 1 is 0.912 bits per heavy atom. The summed E-state index contributed by atoms with van der Waals surface area (Å²) in [5, 5.41) is 20.4. The number of aliphatic hydroxyl groups excluding tert-OH is 1. The lowest BCUT2D eigenvalue weighted by Gasteiger charge is -2.28. The van der Waals surface area contributed by atoms with Gasteiger partial charge in [0, 0.05) is 37.3 Å². The number of amides is 2. The summed E-state index contributed by atoms with van der Waals surface area (Å²) in [5.41, 5.74) is 1.12. The monoisotopic (exact) mass is 470 g/mol. The van der Waals surface area contributed by atoms with Crippen molar-refractivity contribution in [2.45, 2.75) is 26.8 Å². The number of non-ortho nitro benzene ring substituents is 1. The largest absolute Gasteiger partial charge is 0.395 e. The summed E-state index contributed by atoms with van der Waals surface area (Å²) in [6.45, 7) is 7.27. The highest BCUT2D eigenvalue weighted by Crippen LogP contribution is 2.15. The molecular formula is C25H34N4O5. The molecule has 9 heteroatoms. The van der Waals surface area contributed by atoms with Crippen LogP contribution in [0.3, 0.4) is 0 Å². The molecule has 0 bridgehead atoms. The van der Waals surface area contributed by atoms with E-state index in [4.69, 9.17) is 0 Å². The Bertz CT molecular complexity index is 917. The third kappa shape index (κ3) is 8.24. The molecule has 0 aliphatic heterocycles. The Hall–Kier alpha value is -3.30. The number of carbonyl (C=O) groups is 2. The zero-order valence-corrected chi connectivity index (χ0v) is 19.9. The van der Waals surface area contributed by atoms with E-state index in [0.717, 1.165) is 25.2 Å². The van der Waals surface area contributed by atoms with Crippen LogP contribution in [0.1, 0.15) is 36.2 Å². The minimum atomic E-state index is -0.518. The van der Waals surface area contributed by atoms with Crippen molar-refractivity contribution in [3.8, 4) is 0 Å². The average molecular weight is 471 g/mol. The lowest BCUT2D eigenvalue weighted by atomic mass is 10.1. The van der Waals surface area contributed by atoms with Crippen LogP contribution in [0.5, 0.6) is 0 Å². The number of benzene rings is 2. The first-order valence-corrected chi connectivity index (χ1v) is 11.6. The third-order valence-electron chi connectivity index (χ3n) is 5.67. The van der Waals surface area contributed by atoms with Gasteiger partial charge in [0.2, 0.25) is 5.91 Å². The quantitative estimate of drug-likeness (QED) is 0.336. The molecule has 2 rings (SSSR count). The van der Waals surface area contributed by atoms with Gasteiger partial charge in [-0.3, -0.25) is 19.7 Å². The molecule has 2 aromatic rings. The maximum Gasteiger partial charge on any atom is 0.269 e. The molecule has 2 amide bonds. The highest BCUT2D eigenvalue weighted by molar-refractivity contribution is 5.96. The topological polar surface area (TPSA) is 107 Å². The molecule has 0 aliphatic carbocycles. The van der Waals surface area contributed by atoms with E-state index in [0.29, 0.717) is 19.5 Å². The van der Waals surface area contributed by atoms with Gasteiger partial charge in [0.15, 0.2) is 0 Å². The van der Waals surface area contributed by atoms with E-state index in [1.807, 2.05) is 30.3 Å². The number of hydrogen-bond acceptors (Lipinski definition) is 6. The summed E-state index contributed by atoms with van der Waals surface area (Å²) in [4.78, 5) is 42.1. The summed E-state index contributed by atoms with van der Waals surface area (Å²) in [5.74, 6) is -0.623. The fraction of sp³-hybridized carbons (Fsp3) is 0.440. The van der Waals surface area contributed by atoms with E-state index in [9.17, 15) is 24.8 Å². The van der Waals surface area contributed by atoms with E-state index in [2.05, 4.69) is 18.7 Å². The SMILES string of the molecule is CCN(CC)CCCN(CC(=O)N(CCO)Cc1ccccc1)C(=O)c1ccc([N+](=O)[O-])cc1. The van der Waals surface area contributed by atoms with Gasteiger partial charge in [-0.2, -0.15) is 0 Å². The molecule has 0 heterocycles. The second-order valence-corrected chi connectivity index (χ2v) is 7.94. The average Bonchev–Trinajstić information content (AvgIpc) is 2.85. The van der Waals surface area contributed by atoms with Gasteiger partial charge in [-0.15, -0.1) is 0 Å². The van der Waals surface area contributed by atoms with Crippen molar-refractivity contribution < 1.29 is 19.6 Å². The third-order valence-corrected chi connectivity index (χ3v) is 5.67. The normalized spacial score (nSPS) is 10.8. The van der Waals surface area contributed by atoms with E-state index in [1.165, 1.54) is 34.1 Å². The van der Waals surface area contributed by atoms with Gasteiger partial charge >= 0.3 is 0 Å². The van der Waals surface area contributed by atoms with Crippen LogP contribution in [0, 0.1) is 10.1 Å². The summed E-state index contributed by atoms with van der Waals surface area (Å²) < 4.78 is 0. The molecule has 9 nitrogen and oxygen atoms in total. The van der Waals surface area contributed by atoms with Gasteiger partial charge in [0.05, 0.1) is 11.5 Å². The Kier molecular flexibility index (Phi) is 11.2. The molecule has 0 saturated heterocycles. The Morgan fingerprint density at radius 2 is 1.56 bits per heavy atom. The molecule has 34 heavy (non-hydrogen) atoms. The molecule has 0 saturated carbocycles. The molecule has 0 atom stereocenters. The molecule has 0 spiro atoms. The fourth-order valence-corrected chi connectivity index (χ4v) is 3.67. The van der Waals surface area contributed by atoms with Gasteiger partial charge in [-0.25, -0.2) is 0 Å². The lowest BCUT2D eigenvalue weighted by molar-refractivity contribution is -0.384. The van der Waals surface area contributed by atoms with Crippen LogP contribution in [0.2, 0.25) is 0 Å². The summed E-state index contributed by atoms with van der Waals surface area (Å²) in [6.07, 6.45) is 0.687. The van der Waals surface area contributed by atoms with E-state index < -0.39 is 4.92 Å².